The van der Waals surface area contributed by atoms with E-state index >= 15 is 0 Å². The maximum Gasteiger partial charge on any atom is 0.338 e. The molecule has 1 unspecified atom stereocenters. The van der Waals surface area contributed by atoms with Crippen molar-refractivity contribution in [2.45, 2.75) is 50.2 Å². The molecule has 8 nitrogen and oxygen atoms in total. The molecule has 0 fully saturated rings. The lowest BCUT2D eigenvalue weighted by Gasteiger charge is -2.16. The van der Waals surface area contributed by atoms with Gasteiger partial charge in [-0.1, -0.05) is 69.3 Å². The molecule has 0 aliphatic rings. The molecule has 0 aliphatic carbocycles. The Bertz CT molecular complexity index is 1720. The van der Waals surface area contributed by atoms with Crippen molar-refractivity contribution in [3.8, 4) is 0 Å². The molecule has 0 saturated carbocycles. The molecule has 9 heteroatoms. The molecule has 1 atom stereocenters. The van der Waals surface area contributed by atoms with Crippen molar-refractivity contribution in [2.24, 2.45) is 0 Å². The van der Waals surface area contributed by atoms with Crippen LogP contribution in [0.2, 0.25) is 0 Å². The largest absolute Gasteiger partial charge is 0.462 e. The van der Waals surface area contributed by atoms with E-state index in [0.717, 1.165) is 10.5 Å². The number of anilines is 2. The minimum absolute atomic E-state index is 0.0917. The zero-order chi connectivity index (χ0) is 33.8. The van der Waals surface area contributed by atoms with Gasteiger partial charge < -0.3 is 20.7 Å². The number of hydrogen-bond acceptors (Lipinski definition) is 6. The number of carbonyl (C=O) groups excluding carboxylic acids is 4. The molecule has 4 rings (SSSR count). The van der Waals surface area contributed by atoms with E-state index in [9.17, 15) is 19.2 Å². The molecule has 3 amide bonds. The lowest BCUT2D eigenvalue weighted by molar-refractivity contribution is -0.116. The number of benzene rings is 4. The molecule has 0 aliphatic heterocycles. The van der Waals surface area contributed by atoms with Crippen LogP contribution >= 0.6 is 11.8 Å². The number of carbonyl (C=O) groups is 4. The zero-order valence-corrected chi connectivity index (χ0v) is 27.7. The van der Waals surface area contributed by atoms with E-state index in [0.29, 0.717) is 34.8 Å². The number of nitrogens with one attached hydrogen (secondary N) is 3. The number of rotatable bonds is 13. The summed E-state index contributed by atoms with van der Waals surface area (Å²) in [5.74, 6) is -1.13. The molecule has 4 aromatic rings. The van der Waals surface area contributed by atoms with Crippen molar-refractivity contribution >= 4 is 52.9 Å². The van der Waals surface area contributed by atoms with Crippen LogP contribution in [0.5, 0.6) is 0 Å². The highest BCUT2D eigenvalue weighted by Crippen LogP contribution is 2.29. The minimum Gasteiger partial charge on any atom is -0.462 e. The minimum atomic E-state index is -0.486. The normalized spacial score (nSPS) is 11.8. The maximum absolute atomic E-state index is 13.6. The molecule has 0 aromatic heterocycles. The summed E-state index contributed by atoms with van der Waals surface area (Å²) in [7, 11) is 0. The second kappa shape index (κ2) is 17.0. The van der Waals surface area contributed by atoms with Crippen LogP contribution in [0.4, 0.5) is 11.4 Å². The molecular weight excluding hydrogens is 611 g/mol. The van der Waals surface area contributed by atoms with Crippen LogP contribution in [0.15, 0.2) is 114 Å². The van der Waals surface area contributed by atoms with Gasteiger partial charge >= 0.3 is 5.97 Å². The second-order valence-corrected chi connectivity index (χ2v) is 12.3. The van der Waals surface area contributed by atoms with E-state index in [4.69, 9.17) is 4.74 Å². The highest BCUT2D eigenvalue weighted by Gasteiger charge is 2.20. The van der Waals surface area contributed by atoms with Crippen LogP contribution in [0.25, 0.3) is 6.08 Å². The Morgan fingerprint density at radius 1 is 0.766 bits per heavy atom. The molecule has 4 aromatic carbocycles. The summed E-state index contributed by atoms with van der Waals surface area (Å²) < 4.78 is 5.01. The lowest BCUT2D eigenvalue weighted by atomic mass is 10.0. The predicted octanol–water partition coefficient (Wildman–Crippen LogP) is 7.91. The summed E-state index contributed by atoms with van der Waals surface area (Å²) in [6.45, 7) is 8.17. The Morgan fingerprint density at radius 2 is 1.47 bits per heavy atom. The first-order chi connectivity index (χ1) is 22.7. The monoisotopic (exact) mass is 649 g/mol. The quantitative estimate of drug-likeness (QED) is 0.0771. The van der Waals surface area contributed by atoms with E-state index in [1.165, 1.54) is 17.3 Å². The molecule has 0 saturated heterocycles. The lowest BCUT2D eigenvalue weighted by Crippen LogP contribution is -2.30. The summed E-state index contributed by atoms with van der Waals surface area (Å²) in [6.07, 6.45) is 2.21. The standard InChI is InChI=1S/C38H39N3O5S/c1-5-34(37(44)39-30-21-19-29(20-22-30)38(45)46-6-2)47-32-14-10-13-31(24-32)40-36(43)33(41-35(42)28-11-8-7-9-12-28)23-26-15-17-27(18-16-26)25(3)4/h7-25,34H,5-6H2,1-4H3,(H,39,44)(H,40,43)(H,41,42)/b33-23+. The molecule has 0 heterocycles. The predicted molar refractivity (Wildman–Crippen MR) is 188 cm³/mol. The summed E-state index contributed by atoms with van der Waals surface area (Å²) in [5, 5.41) is 8.17. The Balaban J connectivity index is 1.47. The van der Waals surface area contributed by atoms with Gasteiger partial charge in [-0.15, -0.1) is 11.8 Å². The van der Waals surface area contributed by atoms with Crippen molar-refractivity contribution in [3.63, 3.8) is 0 Å². The SMILES string of the molecule is CCOC(=O)c1ccc(NC(=O)C(CC)Sc2cccc(NC(=O)/C(=C\c3ccc(C(C)C)cc3)NC(=O)c3ccccc3)c2)cc1. The highest BCUT2D eigenvalue weighted by molar-refractivity contribution is 8.00. The van der Waals surface area contributed by atoms with E-state index in [1.807, 2.05) is 43.3 Å². The molecule has 0 bridgehead atoms. The Morgan fingerprint density at radius 3 is 2.11 bits per heavy atom. The van der Waals surface area contributed by atoms with Gasteiger partial charge in [0.15, 0.2) is 0 Å². The first kappa shape index (κ1) is 34.7. The number of amides is 3. The topological polar surface area (TPSA) is 114 Å². The molecule has 242 valence electrons. The average molecular weight is 650 g/mol. The fraction of sp³-hybridized carbons (Fsp3) is 0.211. The van der Waals surface area contributed by atoms with Gasteiger partial charge in [-0.25, -0.2) is 4.79 Å². The first-order valence-electron chi connectivity index (χ1n) is 15.5. The molecule has 0 radical (unpaired) electrons. The fourth-order valence-electron chi connectivity index (χ4n) is 4.55. The Labute approximate surface area is 280 Å². The summed E-state index contributed by atoms with van der Waals surface area (Å²) in [4.78, 5) is 52.4. The maximum atomic E-state index is 13.6. The highest BCUT2D eigenvalue weighted by atomic mass is 32.2. The summed E-state index contributed by atoms with van der Waals surface area (Å²) in [5.41, 5.74) is 3.95. The van der Waals surface area contributed by atoms with Crippen molar-refractivity contribution < 1.29 is 23.9 Å². The summed E-state index contributed by atoms with van der Waals surface area (Å²) in [6, 6.07) is 30.3. The van der Waals surface area contributed by atoms with Crippen LogP contribution in [0, 0.1) is 0 Å². The number of thioether (sulfide) groups is 1. The van der Waals surface area contributed by atoms with Crippen LogP contribution < -0.4 is 16.0 Å². The van der Waals surface area contributed by atoms with Crippen molar-refractivity contribution in [1.29, 1.82) is 0 Å². The Hall–Kier alpha value is -5.15. The van der Waals surface area contributed by atoms with Gasteiger partial charge in [0.05, 0.1) is 17.4 Å². The van der Waals surface area contributed by atoms with Crippen LogP contribution in [0.3, 0.4) is 0 Å². The summed E-state index contributed by atoms with van der Waals surface area (Å²) >= 11 is 1.37. The third kappa shape index (κ3) is 10.2. The van der Waals surface area contributed by atoms with Gasteiger partial charge in [0, 0.05) is 21.8 Å². The van der Waals surface area contributed by atoms with Crippen molar-refractivity contribution in [3.05, 3.63) is 131 Å². The van der Waals surface area contributed by atoms with Gasteiger partial charge in [0.25, 0.3) is 11.8 Å². The average Bonchev–Trinajstić information content (AvgIpc) is 3.08. The molecule has 47 heavy (non-hydrogen) atoms. The van der Waals surface area contributed by atoms with Crippen LogP contribution in [-0.4, -0.2) is 35.5 Å². The van der Waals surface area contributed by atoms with Gasteiger partial charge in [-0.05, 0) is 91.1 Å². The fourth-order valence-corrected chi connectivity index (χ4v) is 5.56. The number of hydrogen-bond donors (Lipinski definition) is 3. The van der Waals surface area contributed by atoms with Crippen molar-refractivity contribution in [2.75, 3.05) is 17.2 Å². The zero-order valence-electron chi connectivity index (χ0n) is 26.9. The van der Waals surface area contributed by atoms with E-state index in [2.05, 4.69) is 29.8 Å². The third-order valence-corrected chi connectivity index (χ3v) is 8.50. The van der Waals surface area contributed by atoms with Gasteiger partial charge in [0.2, 0.25) is 5.91 Å². The number of esters is 1. The molecule has 3 N–H and O–H groups in total. The van der Waals surface area contributed by atoms with Crippen molar-refractivity contribution in [1.82, 2.24) is 5.32 Å². The van der Waals surface area contributed by atoms with Gasteiger partial charge in [-0.3, -0.25) is 14.4 Å². The second-order valence-electron chi connectivity index (χ2n) is 11.0. The van der Waals surface area contributed by atoms with Gasteiger partial charge in [-0.2, -0.15) is 0 Å². The van der Waals surface area contributed by atoms with Gasteiger partial charge in [0.1, 0.15) is 5.70 Å². The number of ether oxygens (including phenoxy) is 1. The van der Waals surface area contributed by atoms with E-state index in [-0.39, 0.29) is 18.2 Å². The molecular formula is C38H39N3O5S. The molecule has 0 spiro atoms. The first-order valence-corrected chi connectivity index (χ1v) is 16.4. The van der Waals surface area contributed by atoms with E-state index < -0.39 is 23.0 Å². The Kier molecular flexibility index (Phi) is 12.5. The smallest absolute Gasteiger partial charge is 0.338 e. The third-order valence-electron chi connectivity index (χ3n) is 7.14. The van der Waals surface area contributed by atoms with Crippen LogP contribution in [0.1, 0.15) is 71.9 Å². The van der Waals surface area contributed by atoms with Crippen LogP contribution in [-0.2, 0) is 14.3 Å². The van der Waals surface area contributed by atoms with E-state index in [1.54, 1.807) is 79.7 Å².